The average Bonchev–Trinajstić information content (AvgIpc) is 3.12. The van der Waals surface area contributed by atoms with Crippen molar-refractivity contribution >= 4 is 13.8 Å². The van der Waals surface area contributed by atoms with Crippen molar-refractivity contribution in [3.63, 3.8) is 0 Å². The molecule has 0 saturated heterocycles. The summed E-state index contributed by atoms with van der Waals surface area (Å²) in [5.41, 5.74) is 0. The van der Waals surface area contributed by atoms with Crippen LogP contribution in [-0.4, -0.2) is 70.7 Å². The average molecular weight is 788 g/mol. The first-order valence-corrected chi connectivity index (χ1v) is 24.4. The number of hydrogen-bond donors (Lipinski definition) is 0. The highest BCUT2D eigenvalue weighted by atomic mass is 31.2. The lowest BCUT2D eigenvalue weighted by Gasteiger charge is -2.28. The smallest absolute Gasteiger partial charge is 0.306 e. The van der Waals surface area contributed by atoms with Crippen molar-refractivity contribution in [1.82, 2.24) is 0 Å². The maximum Gasteiger partial charge on any atom is 0.306 e. The number of ether oxygens (including phenoxy) is 2. The molecule has 0 amide bonds. The molecule has 322 valence electrons. The number of allylic oxidation sites excluding steroid dienone is 2. The number of carbonyl (C=O) groups is 1. The summed E-state index contributed by atoms with van der Waals surface area (Å²) < 4.78 is 34.6. The molecular formula is C45H90NO7P. The SMILES string of the molecule is CCCCCCC/C=C\CCCCCCCCOCC(COP(=O)([O-])OCC[N+](C)(C)C)OC(=O)CCCCCCCCCCCCCCCCCCC. The predicted molar refractivity (Wildman–Crippen MR) is 227 cm³/mol. The zero-order chi connectivity index (χ0) is 39.9. The Hall–Kier alpha value is -0.760. The van der Waals surface area contributed by atoms with Gasteiger partial charge in [0.25, 0.3) is 7.82 Å². The quantitative estimate of drug-likeness (QED) is 0.0200. The molecule has 0 rings (SSSR count). The Labute approximate surface area is 335 Å². The van der Waals surface area contributed by atoms with Gasteiger partial charge >= 0.3 is 5.97 Å². The zero-order valence-corrected chi connectivity index (χ0v) is 37.3. The van der Waals surface area contributed by atoms with Gasteiger partial charge in [-0.3, -0.25) is 9.36 Å². The van der Waals surface area contributed by atoms with Crippen LogP contribution in [0.2, 0.25) is 0 Å². The molecule has 0 aromatic rings. The van der Waals surface area contributed by atoms with Crippen molar-refractivity contribution in [2.75, 3.05) is 54.1 Å². The number of likely N-dealkylation sites (N-methyl/N-ethyl adjacent to an activating group) is 1. The lowest BCUT2D eigenvalue weighted by molar-refractivity contribution is -0.870. The van der Waals surface area contributed by atoms with Gasteiger partial charge in [-0.1, -0.05) is 180 Å². The van der Waals surface area contributed by atoms with Gasteiger partial charge in [0.1, 0.15) is 19.3 Å². The summed E-state index contributed by atoms with van der Waals surface area (Å²) in [6.07, 6.45) is 42.2. The van der Waals surface area contributed by atoms with Crippen molar-refractivity contribution in [3.8, 4) is 0 Å². The van der Waals surface area contributed by atoms with Crippen molar-refractivity contribution in [1.29, 1.82) is 0 Å². The third-order valence-corrected chi connectivity index (χ3v) is 11.0. The minimum Gasteiger partial charge on any atom is -0.756 e. The van der Waals surface area contributed by atoms with E-state index in [1.165, 1.54) is 161 Å². The van der Waals surface area contributed by atoms with Crippen LogP contribution in [0.15, 0.2) is 12.2 Å². The summed E-state index contributed by atoms with van der Waals surface area (Å²) in [4.78, 5) is 25.1. The molecular weight excluding hydrogens is 697 g/mol. The predicted octanol–water partition coefficient (Wildman–Crippen LogP) is 12.8. The van der Waals surface area contributed by atoms with E-state index >= 15 is 0 Å². The summed E-state index contributed by atoms with van der Waals surface area (Å²) in [7, 11) is 1.36. The second-order valence-corrected chi connectivity index (χ2v) is 18.2. The van der Waals surface area contributed by atoms with E-state index in [9.17, 15) is 14.3 Å². The Morgan fingerprint density at radius 2 is 0.963 bits per heavy atom. The van der Waals surface area contributed by atoms with E-state index in [1.54, 1.807) is 0 Å². The molecule has 0 heterocycles. The van der Waals surface area contributed by atoms with Crippen LogP contribution in [0, 0.1) is 0 Å². The molecule has 0 bridgehead atoms. The van der Waals surface area contributed by atoms with E-state index in [-0.39, 0.29) is 25.8 Å². The highest BCUT2D eigenvalue weighted by Crippen LogP contribution is 2.38. The molecule has 0 saturated carbocycles. The number of hydrogen-bond acceptors (Lipinski definition) is 7. The molecule has 0 aromatic carbocycles. The van der Waals surface area contributed by atoms with E-state index < -0.39 is 13.9 Å². The van der Waals surface area contributed by atoms with Crippen LogP contribution in [0.4, 0.5) is 0 Å². The fraction of sp³-hybridized carbons (Fsp3) is 0.933. The van der Waals surface area contributed by atoms with Crippen LogP contribution in [0.3, 0.4) is 0 Å². The number of phosphoric acid groups is 1. The van der Waals surface area contributed by atoms with Gasteiger partial charge in [0.15, 0.2) is 0 Å². The second kappa shape index (κ2) is 39.1. The summed E-state index contributed by atoms with van der Waals surface area (Å²) in [6, 6.07) is 0. The molecule has 0 radical (unpaired) electrons. The molecule has 2 unspecified atom stereocenters. The maximum absolute atomic E-state index is 12.7. The second-order valence-electron chi connectivity index (χ2n) is 16.8. The summed E-state index contributed by atoms with van der Waals surface area (Å²) >= 11 is 0. The minimum atomic E-state index is -4.52. The molecule has 0 spiro atoms. The zero-order valence-electron chi connectivity index (χ0n) is 36.4. The van der Waals surface area contributed by atoms with Gasteiger partial charge in [0, 0.05) is 13.0 Å². The third-order valence-electron chi connectivity index (χ3n) is 10.1. The normalized spacial score (nSPS) is 13.8. The van der Waals surface area contributed by atoms with Gasteiger partial charge in [-0.25, -0.2) is 0 Å². The van der Waals surface area contributed by atoms with Crippen molar-refractivity contribution in [3.05, 3.63) is 12.2 Å². The van der Waals surface area contributed by atoms with Gasteiger partial charge in [-0.05, 0) is 38.5 Å². The van der Waals surface area contributed by atoms with Gasteiger partial charge in [0.2, 0.25) is 0 Å². The maximum atomic E-state index is 12.7. The van der Waals surface area contributed by atoms with Gasteiger partial charge in [-0.15, -0.1) is 0 Å². The number of quaternary nitrogens is 1. The largest absolute Gasteiger partial charge is 0.756 e. The Kier molecular flexibility index (Phi) is 38.5. The molecule has 0 aromatic heterocycles. The monoisotopic (exact) mass is 788 g/mol. The van der Waals surface area contributed by atoms with E-state index in [2.05, 4.69) is 26.0 Å². The fourth-order valence-corrected chi connectivity index (χ4v) is 7.21. The van der Waals surface area contributed by atoms with Gasteiger partial charge in [-0.2, -0.15) is 0 Å². The molecule has 9 heteroatoms. The first-order chi connectivity index (χ1) is 26.1. The van der Waals surface area contributed by atoms with Crippen LogP contribution >= 0.6 is 7.82 Å². The fourth-order valence-electron chi connectivity index (χ4n) is 6.48. The number of carbonyl (C=O) groups excluding carboxylic acids is 1. The molecule has 0 aliphatic rings. The van der Waals surface area contributed by atoms with Crippen LogP contribution in [0.1, 0.15) is 213 Å². The van der Waals surface area contributed by atoms with Crippen LogP contribution < -0.4 is 4.89 Å². The van der Waals surface area contributed by atoms with Gasteiger partial charge in [0.05, 0.1) is 34.4 Å². The lowest BCUT2D eigenvalue weighted by atomic mass is 10.0. The highest BCUT2D eigenvalue weighted by molar-refractivity contribution is 7.45. The Morgan fingerprint density at radius 1 is 0.556 bits per heavy atom. The van der Waals surface area contributed by atoms with Crippen LogP contribution in [0.25, 0.3) is 0 Å². The molecule has 0 N–H and O–H groups in total. The Morgan fingerprint density at radius 3 is 1.41 bits per heavy atom. The van der Waals surface area contributed by atoms with Gasteiger partial charge < -0.3 is 27.9 Å². The minimum absolute atomic E-state index is 0.0282. The molecule has 2 atom stereocenters. The molecule has 0 aliphatic heterocycles. The van der Waals surface area contributed by atoms with E-state index in [0.29, 0.717) is 24.1 Å². The first kappa shape index (κ1) is 53.2. The van der Waals surface area contributed by atoms with E-state index in [4.69, 9.17) is 18.5 Å². The van der Waals surface area contributed by atoms with Crippen LogP contribution in [0.5, 0.6) is 0 Å². The van der Waals surface area contributed by atoms with E-state index in [1.807, 2.05) is 21.1 Å². The van der Waals surface area contributed by atoms with Crippen molar-refractivity contribution in [2.45, 2.75) is 219 Å². The number of esters is 1. The van der Waals surface area contributed by atoms with Crippen molar-refractivity contribution < 1.29 is 37.3 Å². The lowest BCUT2D eigenvalue weighted by Crippen LogP contribution is -2.37. The first-order valence-electron chi connectivity index (χ1n) is 22.9. The summed E-state index contributed by atoms with van der Waals surface area (Å²) in [5, 5.41) is 0. The number of unbranched alkanes of at least 4 members (excludes halogenated alkanes) is 27. The number of rotatable bonds is 43. The number of phosphoric ester groups is 1. The van der Waals surface area contributed by atoms with Crippen LogP contribution in [-0.2, 0) is 27.9 Å². The molecule has 0 fully saturated rings. The standard InChI is InChI=1S/C45H90NO7P/c1-6-8-10-12-14-16-18-20-22-23-24-26-28-30-32-34-36-38-45(47)53-44(43-52-54(48,49)51-41-39-46(3,4)5)42-50-40-37-35-33-31-29-27-25-21-19-17-15-13-11-9-7-2/h19,21,44H,6-18,20,22-43H2,1-5H3/b21-19-. The third kappa shape index (κ3) is 42.4. The summed E-state index contributed by atoms with van der Waals surface area (Å²) in [5.74, 6) is -0.332. The highest BCUT2D eigenvalue weighted by Gasteiger charge is 2.20. The Balaban J connectivity index is 4.19. The molecule has 54 heavy (non-hydrogen) atoms. The molecule has 8 nitrogen and oxygen atoms in total. The molecule has 0 aliphatic carbocycles. The number of nitrogens with zero attached hydrogens (tertiary/aromatic N) is 1. The van der Waals surface area contributed by atoms with E-state index in [0.717, 1.165) is 32.1 Å². The Bertz CT molecular complexity index is 879. The van der Waals surface area contributed by atoms with Crippen molar-refractivity contribution in [2.24, 2.45) is 0 Å². The topological polar surface area (TPSA) is 94.1 Å². The summed E-state index contributed by atoms with van der Waals surface area (Å²) in [6.45, 7) is 5.43.